The van der Waals surface area contributed by atoms with E-state index in [0.717, 1.165) is 83.2 Å². The van der Waals surface area contributed by atoms with Crippen LogP contribution in [-0.4, -0.2) is 15.0 Å². The minimum Gasteiger partial charge on any atom is -0.455 e. The highest BCUT2D eigenvalue weighted by Gasteiger charge is 2.27. The third kappa shape index (κ3) is 4.91. The highest BCUT2D eigenvalue weighted by atomic mass is 16.3. The largest absolute Gasteiger partial charge is 0.455 e. The average molecular weight is 734 g/mol. The Balaban J connectivity index is 1.13. The number of amidine groups is 1. The number of furan rings is 1. The smallest absolute Gasteiger partial charge is 0.145 e. The van der Waals surface area contributed by atoms with Crippen LogP contribution >= 0.6 is 0 Å². The summed E-state index contributed by atoms with van der Waals surface area (Å²) in [5, 5.41) is 14.5. The van der Waals surface area contributed by atoms with Crippen molar-refractivity contribution < 1.29 is 4.42 Å². The van der Waals surface area contributed by atoms with Gasteiger partial charge in [0.1, 0.15) is 29.3 Å². The summed E-state index contributed by atoms with van der Waals surface area (Å²) in [6.07, 6.45) is -0.437. The lowest BCUT2D eigenvalue weighted by atomic mass is 10.1. The minimum absolute atomic E-state index is 0.210. The number of hydrogen-bond donors (Lipinski definition) is 2. The molecule has 1 aliphatic rings. The molecule has 12 rings (SSSR count). The van der Waals surface area contributed by atoms with Crippen LogP contribution in [0.4, 0.5) is 0 Å². The van der Waals surface area contributed by atoms with Crippen LogP contribution < -0.4 is 10.6 Å². The third-order valence-corrected chi connectivity index (χ3v) is 11.6. The maximum atomic E-state index is 6.77. The number of hydrogen-bond acceptors (Lipinski definition) is 4. The van der Waals surface area contributed by atoms with Crippen LogP contribution in [0, 0.1) is 0 Å². The SMILES string of the molecule is c1ccc(C2=NC(c3ccccc3)NC(c3cccc(-n4c5ccc6c7ccccc7oc6c5c5ccc6c(c7ccccc7n6-c6ccccc6)c54)c3)N2)cc1. The minimum atomic E-state index is -0.227. The van der Waals surface area contributed by atoms with Crippen molar-refractivity contribution in [2.24, 2.45) is 4.99 Å². The number of para-hydroxylation sites is 3. The number of aromatic nitrogens is 2. The first-order chi connectivity index (χ1) is 28.3. The molecule has 0 aliphatic carbocycles. The molecule has 6 nitrogen and oxygen atoms in total. The standard InChI is InChI=1S/C51H35N5O/c1-4-15-32(16-5-1)49-52-50(33-17-6-2-7-18-33)54-51(53-49)34-19-14-22-36(31-34)56-43-29-27-38-37-23-11-13-26-44(37)57-48(38)46(43)40-28-30-42-45(47(40)56)39-24-10-12-25-41(39)55(42)35-20-8-3-9-21-35/h1-31,49,51,53H,(H,52,54). The van der Waals surface area contributed by atoms with Gasteiger partial charge in [0.2, 0.25) is 0 Å². The predicted octanol–water partition coefficient (Wildman–Crippen LogP) is 12.1. The van der Waals surface area contributed by atoms with E-state index in [1.54, 1.807) is 0 Å². The van der Waals surface area contributed by atoms with E-state index in [2.05, 4.69) is 190 Å². The Bertz CT molecular complexity index is 3360. The van der Waals surface area contributed by atoms with Gasteiger partial charge in [-0.05, 0) is 71.8 Å². The van der Waals surface area contributed by atoms with E-state index < -0.39 is 0 Å². The van der Waals surface area contributed by atoms with Crippen molar-refractivity contribution in [3.05, 3.63) is 205 Å². The fourth-order valence-corrected chi connectivity index (χ4v) is 9.07. The Kier molecular flexibility index (Phi) is 7.03. The van der Waals surface area contributed by atoms with E-state index in [-0.39, 0.29) is 12.3 Å². The Morgan fingerprint density at radius 3 is 1.95 bits per heavy atom. The van der Waals surface area contributed by atoms with Crippen molar-refractivity contribution in [3.8, 4) is 11.4 Å². The highest BCUT2D eigenvalue weighted by Crippen LogP contribution is 2.45. The van der Waals surface area contributed by atoms with E-state index in [1.165, 1.54) is 16.3 Å². The summed E-state index contributed by atoms with van der Waals surface area (Å²) in [7, 11) is 0. The summed E-state index contributed by atoms with van der Waals surface area (Å²) >= 11 is 0. The molecule has 2 N–H and O–H groups in total. The van der Waals surface area contributed by atoms with Crippen molar-refractivity contribution in [1.29, 1.82) is 0 Å². The topological polar surface area (TPSA) is 59.4 Å². The second-order valence-corrected chi connectivity index (χ2v) is 14.8. The zero-order valence-electron chi connectivity index (χ0n) is 30.8. The van der Waals surface area contributed by atoms with Crippen molar-refractivity contribution in [2.75, 3.05) is 0 Å². The van der Waals surface area contributed by atoms with Crippen LogP contribution in [0.1, 0.15) is 29.0 Å². The molecule has 270 valence electrons. The summed E-state index contributed by atoms with van der Waals surface area (Å²) in [6.45, 7) is 0. The van der Waals surface area contributed by atoms with Crippen LogP contribution in [0.15, 0.2) is 197 Å². The fraction of sp³-hybridized carbons (Fsp3) is 0.0392. The van der Waals surface area contributed by atoms with Gasteiger partial charge in [-0.25, -0.2) is 4.99 Å². The summed E-state index contributed by atoms with van der Waals surface area (Å²) < 4.78 is 11.6. The molecule has 6 heteroatoms. The molecule has 4 heterocycles. The van der Waals surface area contributed by atoms with Crippen LogP contribution in [-0.2, 0) is 0 Å². The molecule has 0 amide bonds. The maximum absolute atomic E-state index is 6.77. The molecule has 3 aromatic heterocycles. The maximum Gasteiger partial charge on any atom is 0.145 e. The van der Waals surface area contributed by atoms with Crippen molar-refractivity contribution in [3.63, 3.8) is 0 Å². The van der Waals surface area contributed by atoms with Gasteiger partial charge < -0.3 is 18.9 Å². The lowest BCUT2D eigenvalue weighted by Crippen LogP contribution is -2.45. The summed E-state index contributed by atoms with van der Waals surface area (Å²) in [6, 6.07) is 66.6. The number of aliphatic imine (C=N–C) groups is 1. The lowest BCUT2D eigenvalue weighted by Gasteiger charge is -2.32. The summed E-state index contributed by atoms with van der Waals surface area (Å²) in [5.41, 5.74) is 11.8. The zero-order chi connectivity index (χ0) is 37.5. The van der Waals surface area contributed by atoms with Crippen LogP contribution in [0.25, 0.3) is 76.9 Å². The molecule has 57 heavy (non-hydrogen) atoms. The van der Waals surface area contributed by atoms with E-state index in [1.807, 2.05) is 18.2 Å². The molecule has 0 radical (unpaired) electrons. The Morgan fingerprint density at radius 1 is 0.474 bits per heavy atom. The normalized spacial score (nSPS) is 15.9. The van der Waals surface area contributed by atoms with Gasteiger partial charge >= 0.3 is 0 Å². The van der Waals surface area contributed by atoms with Gasteiger partial charge in [-0.15, -0.1) is 0 Å². The van der Waals surface area contributed by atoms with Gasteiger partial charge in [0.25, 0.3) is 0 Å². The average Bonchev–Trinajstić information content (AvgIpc) is 3.95. The monoisotopic (exact) mass is 733 g/mol. The Labute approximate surface area is 327 Å². The molecule has 0 fully saturated rings. The fourth-order valence-electron chi connectivity index (χ4n) is 9.07. The first kappa shape index (κ1) is 31.9. The number of benzene rings is 8. The molecule has 8 aromatic carbocycles. The number of rotatable bonds is 5. The number of fused-ring (bicyclic) bond motifs is 11. The Hall–Kier alpha value is -7.41. The van der Waals surface area contributed by atoms with Crippen LogP contribution in [0.2, 0.25) is 0 Å². The van der Waals surface area contributed by atoms with Crippen molar-refractivity contribution >= 4 is 71.4 Å². The molecule has 11 aromatic rings. The van der Waals surface area contributed by atoms with E-state index in [9.17, 15) is 0 Å². The van der Waals surface area contributed by atoms with Crippen LogP contribution in [0.3, 0.4) is 0 Å². The van der Waals surface area contributed by atoms with Gasteiger partial charge in [0, 0.05) is 43.9 Å². The van der Waals surface area contributed by atoms with E-state index in [4.69, 9.17) is 9.41 Å². The van der Waals surface area contributed by atoms with Gasteiger partial charge in [-0.1, -0.05) is 127 Å². The van der Waals surface area contributed by atoms with Crippen LogP contribution in [0.5, 0.6) is 0 Å². The zero-order valence-corrected chi connectivity index (χ0v) is 30.8. The molecule has 0 bridgehead atoms. The Morgan fingerprint density at radius 2 is 1.12 bits per heavy atom. The number of nitrogens with zero attached hydrogens (tertiary/aromatic N) is 3. The van der Waals surface area contributed by atoms with Gasteiger partial charge in [0.15, 0.2) is 0 Å². The molecular formula is C51H35N5O. The first-order valence-electron chi connectivity index (χ1n) is 19.5. The second kappa shape index (κ2) is 12.6. The number of nitrogens with one attached hydrogen (secondary N) is 2. The molecule has 0 saturated heterocycles. The molecule has 2 unspecified atom stereocenters. The highest BCUT2D eigenvalue weighted by molar-refractivity contribution is 6.31. The van der Waals surface area contributed by atoms with Gasteiger partial charge in [0.05, 0.1) is 27.5 Å². The first-order valence-corrected chi connectivity index (χ1v) is 19.5. The van der Waals surface area contributed by atoms with Gasteiger partial charge in [-0.3, -0.25) is 5.32 Å². The molecule has 0 spiro atoms. The lowest BCUT2D eigenvalue weighted by molar-refractivity contribution is 0.409. The second-order valence-electron chi connectivity index (χ2n) is 14.8. The van der Waals surface area contributed by atoms with Gasteiger partial charge in [-0.2, -0.15) is 0 Å². The van der Waals surface area contributed by atoms with Crippen molar-refractivity contribution in [1.82, 2.24) is 19.8 Å². The van der Waals surface area contributed by atoms with E-state index in [0.29, 0.717) is 0 Å². The molecular weight excluding hydrogens is 699 g/mol. The quantitative estimate of drug-likeness (QED) is 0.185. The molecule has 0 saturated carbocycles. The van der Waals surface area contributed by atoms with E-state index >= 15 is 0 Å². The summed E-state index contributed by atoms with van der Waals surface area (Å²) in [5.74, 6) is 0.859. The van der Waals surface area contributed by atoms with Crippen molar-refractivity contribution in [2.45, 2.75) is 12.3 Å². The predicted molar refractivity (Wildman–Crippen MR) is 234 cm³/mol. The third-order valence-electron chi connectivity index (χ3n) is 11.6. The molecule has 2 atom stereocenters. The molecule has 1 aliphatic heterocycles. The summed E-state index contributed by atoms with van der Waals surface area (Å²) in [4.78, 5) is 5.17.